The molecule has 0 spiro atoms. The van der Waals surface area contributed by atoms with Crippen molar-refractivity contribution < 1.29 is 28.4 Å². The number of ether oxygens (including phenoxy) is 6. The zero-order valence-electron chi connectivity index (χ0n) is 21.5. The molecule has 0 aliphatic carbocycles. The van der Waals surface area contributed by atoms with E-state index >= 15 is 0 Å². The monoisotopic (exact) mass is 556 g/mol. The van der Waals surface area contributed by atoms with E-state index in [9.17, 15) is 0 Å². The molecule has 1 aromatic carbocycles. The second kappa shape index (κ2) is 18.6. The van der Waals surface area contributed by atoms with E-state index in [0.717, 1.165) is 0 Å². The van der Waals surface area contributed by atoms with E-state index in [1.807, 2.05) is 6.07 Å². The first-order valence-electron chi connectivity index (χ1n) is 11.8. The number of hydrogen-bond donors (Lipinski definition) is 4. The van der Waals surface area contributed by atoms with Gasteiger partial charge in [-0.1, -0.05) is 0 Å². The number of hydrazone groups is 2. The minimum absolute atomic E-state index is 0.297. The van der Waals surface area contributed by atoms with Gasteiger partial charge in [0.15, 0.2) is 21.7 Å². The second-order valence-electron chi connectivity index (χ2n) is 7.46. The summed E-state index contributed by atoms with van der Waals surface area (Å²) in [5, 5.41) is 15.0. The van der Waals surface area contributed by atoms with Crippen LogP contribution in [-0.4, -0.2) is 94.8 Å². The van der Waals surface area contributed by atoms with Crippen molar-refractivity contribution in [2.45, 2.75) is 13.8 Å². The zero-order chi connectivity index (χ0) is 26.7. The molecule has 12 nitrogen and oxygen atoms in total. The van der Waals surface area contributed by atoms with E-state index in [4.69, 9.17) is 52.9 Å². The van der Waals surface area contributed by atoms with Crippen molar-refractivity contribution in [3.05, 3.63) is 18.2 Å². The van der Waals surface area contributed by atoms with Crippen LogP contribution in [0.3, 0.4) is 0 Å². The average molecular weight is 557 g/mol. The Bertz CT molecular complexity index is 918. The average Bonchev–Trinajstić information content (AvgIpc) is 2.90. The molecule has 206 valence electrons. The van der Waals surface area contributed by atoms with Gasteiger partial charge >= 0.3 is 0 Å². The highest BCUT2D eigenvalue weighted by molar-refractivity contribution is 7.80. The molecule has 0 bridgehead atoms. The van der Waals surface area contributed by atoms with E-state index in [1.165, 1.54) is 0 Å². The van der Waals surface area contributed by atoms with Crippen molar-refractivity contribution in [3.8, 4) is 11.5 Å². The van der Waals surface area contributed by atoms with Crippen LogP contribution < -0.4 is 31.0 Å². The van der Waals surface area contributed by atoms with Gasteiger partial charge in [0, 0.05) is 18.8 Å². The maximum Gasteiger partial charge on any atom is 0.191 e. The van der Waals surface area contributed by atoms with Crippen LogP contribution >= 0.6 is 24.4 Å². The molecule has 1 heterocycles. The number of hydrogen-bond acceptors (Lipinski definition) is 10. The van der Waals surface area contributed by atoms with Gasteiger partial charge in [-0.05, 0) is 50.4 Å². The summed E-state index contributed by atoms with van der Waals surface area (Å²) in [4.78, 5) is 0. The van der Waals surface area contributed by atoms with Gasteiger partial charge in [-0.25, -0.2) is 0 Å². The topological polar surface area (TPSA) is 128 Å². The molecule has 14 heteroatoms. The predicted octanol–water partition coefficient (Wildman–Crippen LogP) is 1.66. The first-order chi connectivity index (χ1) is 18.0. The molecule has 1 aromatic rings. The third-order valence-electron chi connectivity index (χ3n) is 4.69. The van der Waals surface area contributed by atoms with E-state index in [2.05, 4.69) is 31.7 Å². The summed E-state index contributed by atoms with van der Waals surface area (Å²) in [6, 6.07) is 5.43. The molecule has 0 aromatic heterocycles. The van der Waals surface area contributed by atoms with Crippen molar-refractivity contribution in [1.82, 2.24) is 16.2 Å². The molecule has 0 fully saturated rings. The zero-order valence-corrected chi connectivity index (χ0v) is 23.1. The van der Waals surface area contributed by atoms with E-state index in [1.54, 1.807) is 33.0 Å². The molecular formula is C23H36N6O6S2. The summed E-state index contributed by atoms with van der Waals surface area (Å²) < 4.78 is 33.8. The Hall–Kier alpha value is -2.62. The standard InChI is InChI=1S/C23H36N6O6S2/c1-17(26-28-22(36)24-3)18(2)27-29-23(37)25-19-4-5-20-21(16-19)35-15-13-33-11-9-31-7-6-30-8-10-32-12-14-34-20/h4-5,16H,6-15H2,1-3H3,(H2,24,28,36)(H2,25,29,37)/b26-17+,27-18+. The highest BCUT2D eigenvalue weighted by atomic mass is 32.1. The third kappa shape index (κ3) is 13.5. The minimum Gasteiger partial charge on any atom is -0.487 e. The van der Waals surface area contributed by atoms with Crippen LogP contribution in [0, 0.1) is 0 Å². The molecule has 0 unspecified atom stereocenters. The number of anilines is 1. The molecule has 4 N–H and O–H groups in total. The Morgan fingerprint density at radius 2 is 1.14 bits per heavy atom. The number of rotatable bonds is 4. The first-order valence-corrected chi connectivity index (χ1v) is 12.7. The summed E-state index contributed by atoms with van der Waals surface area (Å²) in [6.45, 7) is 8.12. The van der Waals surface area contributed by atoms with Crippen LogP contribution in [0.5, 0.6) is 11.5 Å². The first kappa shape index (κ1) is 30.6. The normalized spacial score (nSPS) is 17.1. The summed E-state index contributed by atoms with van der Waals surface area (Å²) in [5.74, 6) is 1.13. The Kier molecular flexibility index (Phi) is 15.4. The number of fused-ring (bicyclic) bond motifs is 1. The molecule has 37 heavy (non-hydrogen) atoms. The van der Waals surface area contributed by atoms with E-state index in [0.29, 0.717) is 105 Å². The molecule has 0 saturated carbocycles. The number of benzene rings is 1. The highest BCUT2D eigenvalue weighted by Crippen LogP contribution is 2.30. The van der Waals surface area contributed by atoms with Gasteiger partial charge in [0.1, 0.15) is 13.2 Å². The van der Waals surface area contributed by atoms with Gasteiger partial charge < -0.3 is 39.1 Å². The summed E-state index contributed by atoms with van der Waals surface area (Å²) in [6.07, 6.45) is 0. The minimum atomic E-state index is 0.297. The maximum atomic E-state index is 5.92. The lowest BCUT2D eigenvalue weighted by molar-refractivity contribution is -0.00841. The smallest absolute Gasteiger partial charge is 0.191 e. The fourth-order valence-corrected chi connectivity index (χ4v) is 2.86. The Morgan fingerprint density at radius 3 is 1.65 bits per heavy atom. The van der Waals surface area contributed by atoms with Crippen molar-refractivity contribution in [2.24, 2.45) is 10.2 Å². The molecular weight excluding hydrogens is 520 g/mol. The Balaban J connectivity index is 1.95. The maximum absolute atomic E-state index is 5.92. The lowest BCUT2D eigenvalue weighted by atomic mass is 10.2. The SMILES string of the molecule is CNC(=S)N/N=C(C)/C(C)=N/NC(=S)Nc1ccc2c(c1)OCCOCCOCCOCCOCCO2. The van der Waals surface area contributed by atoms with Crippen LogP contribution in [0.4, 0.5) is 5.69 Å². The molecule has 0 atom stereocenters. The Labute approximate surface area is 228 Å². The number of thiocarbonyl (C=S) groups is 2. The third-order valence-corrected chi connectivity index (χ3v) is 5.18. The van der Waals surface area contributed by atoms with Crippen molar-refractivity contribution in [1.29, 1.82) is 0 Å². The van der Waals surface area contributed by atoms with Gasteiger partial charge in [-0.2, -0.15) is 10.2 Å². The highest BCUT2D eigenvalue weighted by Gasteiger charge is 2.09. The van der Waals surface area contributed by atoms with Crippen molar-refractivity contribution in [2.75, 3.05) is 78.4 Å². The van der Waals surface area contributed by atoms with Crippen LogP contribution in [-0.2, 0) is 18.9 Å². The summed E-state index contributed by atoms with van der Waals surface area (Å²) in [5.41, 5.74) is 7.49. The quantitative estimate of drug-likeness (QED) is 0.245. The van der Waals surface area contributed by atoms with Crippen LogP contribution in [0.15, 0.2) is 28.4 Å². The molecule has 0 amide bonds. The van der Waals surface area contributed by atoms with Crippen molar-refractivity contribution >= 4 is 51.8 Å². The second-order valence-corrected chi connectivity index (χ2v) is 8.28. The fraction of sp³-hybridized carbons (Fsp3) is 0.565. The van der Waals surface area contributed by atoms with Gasteiger partial charge in [0.2, 0.25) is 0 Å². The summed E-state index contributed by atoms with van der Waals surface area (Å²) >= 11 is 10.4. The molecule has 0 saturated heterocycles. The Morgan fingerprint density at radius 1 is 0.676 bits per heavy atom. The number of nitrogens with one attached hydrogen (secondary N) is 4. The molecule has 2 rings (SSSR count). The predicted molar refractivity (Wildman–Crippen MR) is 151 cm³/mol. The molecule has 0 radical (unpaired) electrons. The van der Waals surface area contributed by atoms with E-state index in [-0.39, 0.29) is 0 Å². The molecule has 1 aliphatic rings. The number of nitrogens with zero attached hydrogens (tertiary/aromatic N) is 2. The van der Waals surface area contributed by atoms with E-state index < -0.39 is 0 Å². The van der Waals surface area contributed by atoms with Gasteiger partial charge in [-0.15, -0.1) is 0 Å². The van der Waals surface area contributed by atoms with Crippen LogP contribution in [0.25, 0.3) is 0 Å². The van der Waals surface area contributed by atoms with Gasteiger partial charge in [0.25, 0.3) is 0 Å². The lowest BCUT2D eigenvalue weighted by Gasteiger charge is -2.16. The lowest BCUT2D eigenvalue weighted by Crippen LogP contribution is -2.30. The fourth-order valence-electron chi connectivity index (χ4n) is 2.65. The van der Waals surface area contributed by atoms with Gasteiger partial charge in [-0.3, -0.25) is 10.9 Å². The molecule has 1 aliphatic heterocycles. The largest absolute Gasteiger partial charge is 0.487 e. The summed E-state index contributed by atoms with van der Waals surface area (Å²) in [7, 11) is 1.71. The van der Waals surface area contributed by atoms with Crippen molar-refractivity contribution in [3.63, 3.8) is 0 Å². The van der Waals surface area contributed by atoms with Crippen LogP contribution in [0.1, 0.15) is 13.8 Å². The van der Waals surface area contributed by atoms with Crippen LogP contribution in [0.2, 0.25) is 0 Å². The van der Waals surface area contributed by atoms with Gasteiger partial charge in [0.05, 0.1) is 64.3 Å².